The lowest BCUT2D eigenvalue weighted by molar-refractivity contribution is -0.161. The molecule has 0 saturated carbocycles. The van der Waals surface area contributed by atoms with Gasteiger partial charge in [0.25, 0.3) is 0 Å². The van der Waals surface area contributed by atoms with E-state index in [0.29, 0.717) is 25.7 Å². The molecule has 0 aromatic heterocycles. The van der Waals surface area contributed by atoms with Crippen LogP contribution in [-0.4, -0.2) is 96.7 Å². The lowest BCUT2D eigenvalue weighted by Gasteiger charge is -2.21. The molecule has 0 heterocycles. The Kier molecular flexibility index (Phi) is 65.9. The van der Waals surface area contributed by atoms with Crippen LogP contribution in [0, 0.1) is 23.7 Å². The summed E-state index contributed by atoms with van der Waals surface area (Å²) in [6.07, 6.45) is 52.8. The fourth-order valence-electron chi connectivity index (χ4n) is 11.9. The van der Waals surface area contributed by atoms with E-state index in [-0.39, 0.29) is 25.7 Å². The zero-order valence-electron chi connectivity index (χ0n) is 63.7. The van der Waals surface area contributed by atoms with Gasteiger partial charge in [0.1, 0.15) is 19.3 Å². The first kappa shape index (κ1) is 95.1. The maximum Gasteiger partial charge on any atom is 0.472 e. The molecule has 0 aromatic rings. The molecule has 0 radical (unpaired) electrons. The van der Waals surface area contributed by atoms with Crippen LogP contribution in [0.15, 0.2) is 0 Å². The van der Waals surface area contributed by atoms with E-state index in [2.05, 4.69) is 55.4 Å². The summed E-state index contributed by atoms with van der Waals surface area (Å²) in [5.41, 5.74) is 0. The number of rotatable bonds is 75. The van der Waals surface area contributed by atoms with Crippen molar-refractivity contribution in [1.29, 1.82) is 0 Å². The minimum absolute atomic E-state index is 0.104. The number of aliphatic hydroxyl groups excluding tert-OH is 1. The summed E-state index contributed by atoms with van der Waals surface area (Å²) in [5.74, 6) is 0.933. The summed E-state index contributed by atoms with van der Waals surface area (Å²) in [6, 6.07) is 0. The Bertz CT molecular complexity index is 1900. The van der Waals surface area contributed by atoms with Crippen molar-refractivity contribution in [2.75, 3.05) is 39.6 Å². The summed E-state index contributed by atoms with van der Waals surface area (Å²) >= 11 is 0. The number of phosphoric acid groups is 2. The number of phosphoric ester groups is 2. The maximum absolute atomic E-state index is 13.1. The molecule has 0 spiro atoms. The van der Waals surface area contributed by atoms with Gasteiger partial charge in [0.05, 0.1) is 26.4 Å². The van der Waals surface area contributed by atoms with Gasteiger partial charge in [-0.2, -0.15) is 0 Å². The van der Waals surface area contributed by atoms with Gasteiger partial charge in [-0.15, -0.1) is 0 Å². The summed E-state index contributed by atoms with van der Waals surface area (Å²) < 4.78 is 68.6. The van der Waals surface area contributed by atoms with Crippen molar-refractivity contribution < 1.29 is 80.2 Å². The lowest BCUT2D eigenvalue weighted by Crippen LogP contribution is -2.30. The standard InChI is InChI=1S/C78H152O17P2/c1-68(2)54-46-38-30-22-17-13-11-9-10-12-14-19-25-34-42-50-58-75(80)88-64-73(94-77(82)60-52-44-36-26-20-16-15-18-23-31-39-47-55-69(3)4)66-92-96(84,85)90-62-72(79)63-91-97(86,87)93-67-74(65-89-76(81)59-51-43-35-29-28-33-41-49-57-71(7)8)95-78(83)61-53-45-37-27-21-24-32-40-48-56-70(5)6/h68-74,79H,9-67H2,1-8H3,(H,84,85)(H,86,87)/t72?,73-,74-/m1/s1. The molecule has 576 valence electrons. The quantitative estimate of drug-likeness (QED) is 0.0222. The summed E-state index contributed by atoms with van der Waals surface area (Å²) in [6.45, 7) is 14.2. The number of carbonyl (C=O) groups excluding carboxylic acids is 4. The Morgan fingerprint density at radius 3 is 0.639 bits per heavy atom. The number of carbonyl (C=O) groups is 4. The molecule has 0 rings (SSSR count). The average Bonchev–Trinajstić information content (AvgIpc) is 1.36. The topological polar surface area (TPSA) is 237 Å². The van der Waals surface area contributed by atoms with E-state index in [9.17, 15) is 43.2 Å². The van der Waals surface area contributed by atoms with Gasteiger partial charge in [0.15, 0.2) is 12.2 Å². The van der Waals surface area contributed by atoms with Gasteiger partial charge in [-0.3, -0.25) is 37.3 Å². The molecule has 97 heavy (non-hydrogen) atoms. The smallest absolute Gasteiger partial charge is 0.462 e. The van der Waals surface area contributed by atoms with E-state index in [1.54, 1.807) is 0 Å². The van der Waals surface area contributed by atoms with Crippen LogP contribution in [0.3, 0.4) is 0 Å². The number of ether oxygens (including phenoxy) is 4. The molecule has 0 aliphatic heterocycles. The predicted octanol–water partition coefficient (Wildman–Crippen LogP) is 22.8. The number of unbranched alkanes of at least 4 members (excludes halogenated alkanes) is 41. The van der Waals surface area contributed by atoms with Crippen LogP contribution in [0.2, 0.25) is 0 Å². The van der Waals surface area contributed by atoms with Crippen molar-refractivity contribution in [2.45, 2.75) is 414 Å². The monoisotopic (exact) mass is 1420 g/mol. The van der Waals surface area contributed by atoms with Gasteiger partial charge in [-0.05, 0) is 49.4 Å². The molecule has 0 aliphatic carbocycles. The lowest BCUT2D eigenvalue weighted by atomic mass is 10.0. The minimum Gasteiger partial charge on any atom is -0.462 e. The van der Waals surface area contributed by atoms with E-state index in [4.69, 9.17) is 37.0 Å². The molecule has 19 heteroatoms. The molecule has 0 saturated heterocycles. The van der Waals surface area contributed by atoms with Crippen LogP contribution in [-0.2, 0) is 65.4 Å². The molecular formula is C78H152O17P2. The first-order valence-electron chi connectivity index (χ1n) is 40.2. The second-order valence-corrected chi connectivity index (χ2v) is 32.9. The molecule has 17 nitrogen and oxygen atoms in total. The molecule has 5 atom stereocenters. The summed E-state index contributed by atoms with van der Waals surface area (Å²) in [4.78, 5) is 72.9. The Labute approximate surface area is 594 Å². The SMILES string of the molecule is CC(C)CCCCCCCCCCCCCCCCCCC(=O)OC[C@H](COP(=O)(O)OCC(O)COP(=O)(O)OC[C@@H](COC(=O)CCCCCCCCCCC(C)C)OC(=O)CCCCCCCCCCCC(C)C)OC(=O)CCCCCCCCCCCCCCC(C)C. The van der Waals surface area contributed by atoms with E-state index >= 15 is 0 Å². The first-order valence-corrected chi connectivity index (χ1v) is 43.2. The van der Waals surface area contributed by atoms with E-state index in [1.807, 2.05) is 0 Å². The van der Waals surface area contributed by atoms with Crippen LogP contribution in [0.5, 0.6) is 0 Å². The Balaban J connectivity index is 5.23. The molecule has 0 aromatic carbocycles. The molecule has 3 unspecified atom stereocenters. The minimum atomic E-state index is -4.96. The average molecular weight is 1420 g/mol. The maximum atomic E-state index is 13.1. The summed E-state index contributed by atoms with van der Waals surface area (Å²) in [7, 11) is -9.92. The fraction of sp³-hybridized carbons (Fsp3) is 0.949. The zero-order chi connectivity index (χ0) is 71.7. The van der Waals surface area contributed by atoms with Crippen LogP contribution < -0.4 is 0 Å². The first-order chi connectivity index (χ1) is 46.6. The van der Waals surface area contributed by atoms with Crippen molar-refractivity contribution in [3.8, 4) is 0 Å². The normalized spacial score (nSPS) is 14.1. The zero-order valence-corrected chi connectivity index (χ0v) is 65.5. The molecular weight excluding hydrogens is 1270 g/mol. The van der Waals surface area contributed by atoms with Gasteiger partial charge < -0.3 is 33.8 Å². The highest BCUT2D eigenvalue weighted by molar-refractivity contribution is 7.47. The van der Waals surface area contributed by atoms with Crippen molar-refractivity contribution >= 4 is 39.5 Å². The summed E-state index contributed by atoms with van der Waals surface area (Å²) in [5, 5.41) is 10.6. The highest BCUT2D eigenvalue weighted by atomic mass is 31.2. The van der Waals surface area contributed by atoms with E-state index in [1.165, 1.54) is 199 Å². The number of esters is 4. The fourth-order valence-corrected chi connectivity index (χ4v) is 13.5. The molecule has 0 amide bonds. The van der Waals surface area contributed by atoms with Crippen molar-refractivity contribution in [3.05, 3.63) is 0 Å². The van der Waals surface area contributed by atoms with Crippen LogP contribution >= 0.6 is 15.6 Å². The molecule has 0 fully saturated rings. The van der Waals surface area contributed by atoms with Crippen molar-refractivity contribution in [3.63, 3.8) is 0 Å². The Morgan fingerprint density at radius 2 is 0.433 bits per heavy atom. The van der Waals surface area contributed by atoms with Gasteiger partial charge in [0.2, 0.25) is 0 Å². The Morgan fingerprint density at radius 1 is 0.258 bits per heavy atom. The van der Waals surface area contributed by atoms with Crippen molar-refractivity contribution in [2.24, 2.45) is 23.7 Å². The van der Waals surface area contributed by atoms with E-state index in [0.717, 1.165) is 114 Å². The van der Waals surface area contributed by atoms with Crippen LogP contribution in [0.1, 0.15) is 396 Å². The van der Waals surface area contributed by atoms with Gasteiger partial charge in [0, 0.05) is 25.7 Å². The van der Waals surface area contributed by atoms with E-state index < -0.39 is 97.5 Å². The third-order valence-electron chi connectivity index (χ3n) is 18.1. The van der Waals surface area contributed by atoms with Gasteiger partial charge in [-0.1, -0.05) is 344 Å². The largest absolute Gasteiger partial charge is 0.472 e. The molecule has 0 bridgehead atoms. The Hall–Kier alpha value is -1.94. The second-order valence-electron chi connectivity index (χ2n) is 30.0. The molecule has 0 aliphatic rings. The number of hydrogen-bond donors (Lipinski definition) is 3. The highest BCUT2D eigenvalue weighted by Crippen LogP contribution is 2.45. The molecule has 3 N–H and O–H groups in total. The van der Waals surface area contributed by atoms with Gasteiger partial charge >= 0.3 is 39.5 Å². The van der Waals surface area contributed by atoms with Crippen molar-refractivity contribution in [1.82, 2.24) is 0 Å². The highest BCUT2D eigenvalue weighted by Gasteiger charge is 2.30. The number of hydrogen-bond acceptors (Lipinski definition) is 15. The van der Waals surface area contributed by atoms with Crippen LogP contribution in [0.25, 0.3) is 0 Å². The van der Waals surface area contributed by atoms with Crippen LogP contribution in [0.4, 0.5) is 0 Å². The van der Waals surface area contributed by atoms with Gasteiger partial charge in [-0.25, -0.2) is 9.13 Å². The predicted molar refractivity (Wildman–Crippen MR) is 395 cm³/mol. The third kappa shape index (κ3) is 72.2. The third-order valence-corrected chi connectivity index (χ3v) is 20.0. The second kappa shape index (κ2) is 67.2. The number of aliphatic hydroxyl groups is 1.